The number of halogens is 4. The molecule has 0 spiro atoms. The van der Waals surface area contributed by atoms with Crippen LogP contribution in [0.4, 0.5) is 18.9 Å². The highest BCUT2D eigenvalue weighted by Gasteiger charge is 2.35. The molecule has 0 aliphatic heterocycles. The van der Waals surface area contributed by atoms with Gasteiger partial charge in [-0.1, -0.05) is 56.6 Å². The molecule has 0 atom stereocenters. The Hall–Kier alpha value is -4.30. The average Bonchev–Trinajstić information content (AvgIpc) is 3.35. The molecular formula is C32H26ClF3N2O3. The van der Waals surface area contributed by atoms with Gasteiger partial charge in [-0.3, -0.25) is 4.79 Å². The number of benzene rings is 4. The van der Waals surface area contributed by atoms with E-state index < -0.39 is 23.2 Å². The first-order valence-electron chi connectivity index (χ1n) is 12.8. The summed E-state index contributed by atoms with van der Waals surface area (Å²) in [5, 5.41) is 3.11. The van der Waals surface area contributed by atoms with Crippen LogP contribution in [0.15, 0.2) is 89.3 Å². The van der Waals surface area contributed by atoms with E-state index in [0.29, 0.717) is 38.9 Å². The molecule has 1 N–H and O–H groups in total. The van der Waals surface area contributed by atoms with Gasteiger partial charge in [-0.15, -0.1) is 0 Å². The number of oxazole rings is 1. The number of nitrogens with one attached hydrogen (secondary N) is 1. The van der Waals surface area contributed by atoms with Crippen molar-refractivity contribution in [2.24, 2.45) is 0 Å². The number of carbonyl (C=O) groups is 1. The van der Waals surface area contributed by atoms with Crippen LogP contribution in [-0.2, 0) is 18.2 Å². The minimum Gasteiger partial charge on any atom is -0.489 e. The van der Waals surface area contributed by atoms with E-state index in [1.54, 1.807) is 42.5 Å². The molecule has 1 amide bonds. The highest BCUT2D eigenvalue weighted by Crippen LogP contribution is 2.34. The highest BCUT2D eigenvalue weighted by molar-refractivity contribution is 6.30. The Labute approximate surface area is 239 Å². The van der Waals surface area contributed by atoms with Crippen LogP contribution >= 0.6 is 11.6 Å². The molecule has 0 unspecified atom stereocenters. The fraction of sp³-hybridized carbons (Fsp3) is 0.188. The number of rotatable bonds is 6. The number of nitrogens with zero attached hydrogens (tertiary/aromatic N) is 1. The van der Waals surface area contributed by atoms with Gasteiger partial charge in [-0.05, 0) is 77.2 Å². The minimum atomic E-state index is -4.68. The van der Waals surface area contributed by atoms with Gasteiger partial charge in [0.05, 0.1) is 11.1 Å². The van der Waals surface area contributed by atoms with Gasteiger partial charge in [-0.2, -0.15) is 13.2 Å². The molecule has 5 aromatic rings. The van der Waals surface area contributed by atoms with Crippen LogP contribution in [-0.4, -0.2) is 10.9 Å². The second-order valence-electron chi connectivity index (χ2n) is 10.6. The molecule has 0 aliphatic carbocycles. The summed E-state index contributed by atoms with van der Waals surface area (Å²) < 4.78 is 52.6. The molecule has 0 saturated carbocycles. The van der Waals surface area contributed by atoms with Gasteiger partial charge in [0.2, 0.25) is 5.89 Å². The Morgan fingerprint density at radius 2 is 1.73 bits per heavy atom. The molecule has 0 fully saturated rings. The zero-order chi connectivity index (χ0) is 29.4. The minimum absolute atomic E-state index is 0.0879. The maximum absolute atomic E-state index is 13.6. The second kappa shape index (κ2) is 10.9. The topological polar surface area (TPSA) is 64.4 Å². The van der Waals surface area contributed by atoms with Gasteiger partial charge in [-0.25, -0.2) is 4.98 Å². The third kappa shape index (κ3) is 6.55. The summed E-state index contributed by atoms with van der Waals surface area (Å²) in [6.07, 6.45) is -4.68. The van der Waals surface area contributed by atoms with Crippen LogP contribution in [0.2, 0.25) is 5.02 Å². The molecule has 5 nitrogen and oxygen atoms in total. The largest absolute Gasteiger partial charge is 0.489 e. The lowest BCUT2D eigenvalue weighted by Crippen LogP contribution is -2.18. The van der Waals surface area contributed by atoms with E-state index >= 15 is 0 Å². The van der Waals surface area contributed by atoms with Gasteiger partial charge in [0.15, 0.2) is 5.58 Å². The number of carbonyl (C=O) groups excluding carboxylic acids is 1. The van der Waals surface area contributed by atoms with Crippen LogP contribution in [0.25, 0.3) is 22.6 Å². The van der Waals surface area contributed by atoms with Gasteiger partial charge >= 0.3 is 6.18 Å². The predicted molar refractivity (Wildman–Crippen MR) is 153 cm³/mol. The summed E-state index contributed by atoms with van der Waals surface area (Å²) in [7, 11) is 0. The van der Waals surface area contributed by atoms with Gasteiger partial charge in [0, 0.05) is 16.3 Å². The van der Waals surface area contributed by atoms with Crippen molar-refractivity contribution in [3.63, 3.8) is 0 Å². The van der Waals surface area contributed by atoms with Crippen molar-refractivity contribution >= 4 is 34.3 Å². The number of hydrogen-bond donors (Lipinski definition) is 1. The van der Waals surface area contributed by atoms with E-state index in [9.17, 15) is 18.0 Å². The van der Waals surface area contributed by atoms with Gasteiger partial charge in [0.25, 0.3) is 5.91 Å². The second-order valence-corrected chi connectivity index (χ2v) is 11.1. The van der Waals surface area contributed by atoms with Crippen LogP contribution < -0.4 is 10.1 Å². The predicted octanol–water partition coefficient (Wildman–Crippen LogP) is 9.30. The fourth-order valence-corrected chi connectivity index (χ4v) is 4.52. The molecular weight excluding hydrogens is 553 g/mol. The first-order chi connectivity index (χ1) is 19.4. The highest BCUT2D eigenvalue weighted by atomic mass is 35.5. The third-order valence-corrected chi connectivity index (χ3v) is 6.66. The van der Waals surface area contributed by atoms with E-state index in [1.807, 2.05) is 18.2 Å². The third-order valence-electron chi connectivity index (χ3n) is 6.43. The number of hydrogen-bond acceptors (Lipinski definition) is 4. The summed E-state index contributed by atoms with van der Waals surface area (Å²) in [5.74, 6) is -0.0739. The SMILES string of the molecule is CC(C)(C)c1ccc2oc(-c3cc(COc4cccc(Cl)c4)cc(NC(=O)c4ccccc4C(F)(F)F)c3)nc2c1. The molecule has 9 heteroatoms. The van der Waals surface area contributed by atoms with Crippen molar-refractivity contribution in [1.82, 2.24) is 4.98 Å². The van der Waals surface area contributed by atoms with Gasteiger partial charge in [0.1, 0.15) is 17.9 Å². The first-order valence-corrected chi connectivity index (χ1v) is 13.2. The molecule has 210 valence electrons. The number of fused-ring (bicyclic) bond motifs is 1. The molecule has 0 bridgehead atoms. The lowest BCUT2D eigenvalue weighted by molar-refractivity contribution is -0.137. The molecule has 0 saturated heterocycles. The molecule has 41 heavy (non-hydrogen) atoms. The molecule has 4 aromatic carbocycles. The normalized spacial score (nSPS) is 12.0. The zero-order valence-corrected chi connectivity index (χ0v) is 23.2. The Balaban J connectivity index is 1.52. The van der Waals surface area contributed by atoms with Crippen LogP contribution in [0, 0.1) is 0 Å². The number of aromatic nitrogens is 1. The summed E-state index contributed by atoms with van der Waals surface area (Å²) in [4.78, 5) is 17.7. The summed E-state index contributed by atoms with van der Waals surface area (Å²) >= 11 is 6.07. The summed E-state index contributed by atoms with van der Waals surface area (Å²) in [6.45, 7) is 6.39. The van der Waals surface area contributed by atoms with Crippen LogP contribution in [0.5, 0.6) is 5.75 Å². The number of alkyl halides is 3. The van der Waals surface area contributed by atoms with E-state index in [0.717, 1.165) is 17.7 Å². The average molecular weight is 579 g/mol. The maximum Gasteiger partial charge on any atom is 0.417 e. The van der Waals surface area contributed by atoms with Crippen LogP contribution in [0.1, 0.15) is 47.8 Å². The lowest BCUT2D eigenvalue weighted by Gasteiger charge is -2.18. The summed E-state index contributed by atoms with van der Waals surface area (Å²) in [5.41, 5.74) is 2.14. The van der Waals surface area contributed by atoms with E-state index in [2.05, 4.69) is 31.1 Å². The van der Waals surface area contributed by atoms with Crippen molar-refractivity contribution in [2.75, 3.05) is 5.32 Å². The fourth-order valence-electron chi connectivity index (χ4n) is 4.34. The van der Waals surface area contributed by atoms with Crippen molar-refractivity contribution in [1.29, 1.82) is 0 Å². The summed E-state index contributed by atoms with van der Waals surface area (Å²) in [6, 6.07) is 22.3. The van der Waals surface area contributed by atoms with Crippen molar-refractivity contribution in [3.05, 3.63) is 112 Å². The number of anilines is 1. The Kier molecular flexibility index (Phi) is 7.53. The van der Waals surface area contributed by atoms with Gasteiger partial charge < -0.3 is 14.5 Å². The first kappa shape index (κ1) is 28.2. The van der Waals surface area contributed by atoms with Crippen LogP contribution in [0.3, 0.4) is 0 Å². The zero-order valence-electron chi connectivity index (χ0n) is 22.5. The van der Waals surface area contributed by atoms with Crippen molar-refractivity contribution < 1.29 is 27.1 Å². The van der Waals surface area contributed by atoms with E-state index in [4.69, 9.17) is 20.8 Å². The van der Waals surface area contributed by atoms with E-state index in [-0.39, 0.29) is 17.7 Å². The van der Waals surface area contributed by atoms with E-state index in [1.165, 1.54) is 12.1 Å². The molecule has 0 aliphatic rings. The van der Waals surface area contributed by atoms with Crippen molar-refractivity contribution in [3.8, 4) is 17.2 Å². The molecule has 5 rings (SSSR count). The number of amides is 1. The standard InChI is InChI=1S/C32H26ClF3N2O3/c1-31(2,3)21-11-12-28-27(16-21)38-30(41-28)20-13-19(18-40-24-8-6-7-22(33)17-24)14-23(15-20)37-29(39)25-9-4-5-10-26(25)32(34,35)36/h4-17H,18H2,1-3H3,(H,37,39). The quantitative estimate of drug-likeness (QED) is 0.218. The molecule has 1 aromatic heterocycles. The van der Waals surface area contributed by atoms with Crippen molar-refractivity contribution in [2.45, 2.75) is 39.0 Å². The lowest BCUT2D eigenvalue weighted by atomic mass is 9.87. The smallest absolute Gasteiger partial charge is 0.417 e. The molecule has 1 heterocycles. The Bertz CT molecular complexity index is 1740. The Morgan fingerprint density at radius 1 is 0.951 bits per heavy atom. The number of ether oxygens (including phenoxy) is 1. The Morgan fingerprint density at radius 3 is 2.46 bits per heavy atom. The molecule has 0 radical (unpaired) electrons. The monoisotopic (exact) mass is 578 g/mol. The maximum atomic E-state index is 13.6.